The molecule has 8 heteroatoms. The predicted molar refractivity (Wildman–Crippen MR) is 125 cm³/mol. The van der Waals surface area contributed by atoms with E-state index in [1.165, 1.54) is 4.90 Å². The molecule has 0 unspecified atom stereocenters. The van der Waals surface area contributed by atoms with Crippen molar-refractivity contribution in [2.24, 2.45) is 5.92 Å². The first-order valence-electron chi connectivity index (χ1n) is 11.6. The molecule has 1 saturated heterocycles. The molecule has 2 aromatic carbocycles. The van der Waals surface area contributed by atoms with Crippen LogP contribution >= 0.6 is 0 Å². The van der Waals surface area contributed by atoms with E-state index in [2.05, 4.69) is 17.4 Å². The lowest BCUT2D eigenvalue weighted by atomic mass is 9.98. The summed E-state index contributed by atoms with van der Waals surface area (Å²) in [5.41, 5.74) is 4.52. The van der Waals surface area contributed by atoms with E-state index in [1.54, 1.807) is 0 Å². The summed E-state index contributed by atoms with van der Waals surface area (Å²) < 4.78 is 11.2. The molecular formula is C26H30N2O6. The number of carbonyl (C=O) groups is 3. The number of carbonyl (C=O) groups excluding carboxylic acids is 2. The average molecular weight is 467 g/mol. The van der Waals surface area contributed by atoms with Crippen LogP contribution in [0.15, 0.2) is 48.5 Å². The third kappa shape index (κ3) is 5.07. The molecule has 2 amide bonds. The molecule has 0 saturated carbocycles. The highest BCUT2D eigenvalue weighted by Crippen LogP contribution is 2.44. The Hall–Kier alpha value is -3.39. The Kier molecular flexibility index (Phi) is 7.17. The number of carboxylic acid groups (broad SMARTS) is 1. The Morgan fingerprint density at radius 1 is 1.09 bits per heavy atom. The average Bonchev–Trinajstić information content (AvgIpc) is 3.38. The van der Waals surface area contributed by atoms with E-state index in [9.17, 15) is 19.5 Å². The molecule has 2 aromatic rings. The number of hydrogen-bond donors (Lipinski definition) is 2. The third-order valence-electron chi connectivity index (χ3n) is 6.21. The summed E-state index contributed by atoms with van der Waals surface area (Å²) in [5, 5.41) is 12.0. The van der Waals surface area contributed by atoms with E-state index in [4.69, 9.17) is 9.47 Å². The lowest BCUT2D eigenvalue weighted by Gasteiger charge is -2.28. The molecule has 1 aliphatic carbocycles. The monoisotopic (exact) mass is 466 g/mol. The van der Waals surface area contributed by atoms with Crippen molar-refractivity contribution in [1.82, 2.24) is 10.2 Å². The maximum atomic E-state index is 13.0. The molecule has 1 heterocycles. The first kappa shape index (κ1) is 23.8. The summed E-state index contributed by atoms with van der Waals surface area (Å²) in [6, 6.07) is 15.6. The van der Waals surface area contributed by atoms with Gasteiger partial charge in [-0.2, -0.15) is 0 Å². The van der Waals surface area contributed by atoms with Gasteiger partial charge in [0.1, 0.15) is 13.2 Å². The molecule has 0 aromatic heterocycles. The molecule has 1 fully saturated rings. The summed E-state index contributed by atoms with van der Waals surface area (Å²) in [7, 11) is 0. The van der Waals surface area contributed by atoms with Crippen LogP contribution in [0.3, 0.4) is 0 Å². The lowest BCUT2D eigenvalue weighted by molar-refractivity contribution is -0.150. The van der Waals surface area contributed by atoms with Crippen molar-refractivity contribution in [3.8, 4) is 11.1 Å². The van der Waals surface area contributed by atoms with E-state index in [0.717, 1.165) is 22.3 Å². The van der Waals surface area contributed by atoms with Crippen LogP contribution in [0.1, 0.15) is 37.3 Å². The standard InChI is InChI=1S/C26H30N2O6/c1-16(2)13-28(14-23(29)30)25(31)24-22(11-12-33-24)27-26(32)34-15-21-19-9-5-3-7-17(19)18-8-4-6-10-20(18)21/h3-10,16,21-22,24H,11-15H2,1-2H3,(H,27,32)(H,29,30)/t22-,24+/m0/s1. The predicted octanol–water partition coefficient (Wildman–Crippen LogP) is 3.25. The van der Waals surface area contributed by atoms with Crippen molar-refractivity contribution in [3.05, 3.63) is 59.7 Å². The Morgan fingerprint density at radius 2 is 1.71 bits per heavy atom. The molecule has 2 N–H and O–H groups in total. The number of benzene rings is 2. The Morgan fingerprint density at radius 3 is 2.29 bits per heavy atom. The van der Waals surface area contributed by atoms with Crippen LogP contribution in [0, 0.1) is 5.92 Å². The van der Waals surface area contributed by atoms with Crippen molar-refractivity contribution >= 4 is 18.0 Å². The normalized spacial score (nSPS) is 18.9. The molecule has 0 radical (unpaired) electrons. The number of amides is 2. The van der Waals surface area contributed by atoms with Gasteiger partial charge in [0.05, 0.1) is 6.04 Å². The SMILES string of the molecule is CC(C)CN(CC(=O)O)C(=O)[C@@H]1OCC[C@@H]1NC(=O)OCC1c2ccccc2-c2ccccc21. The maximum absolute atomic E-state index is 13.0. The first-order chi connectivity index (χ1) is 16.3. The second kappa shape index (κ2) is 10.3. The van der Waals surface area contributed by atoms with Crippen LogP contribution in [-0.2, 0) is 19.1 Å². The van der Waals surface area contributed by atoms with Crippen LogP contribution in [0.4, 0.5) is 4.79 Å². The minimum Gasteiger partial charge on any atom is -0.480 e. The summed E-state index contributed by atoms with van der Waals surface area (Å²) in [5.74, 6) is -1.49. The van der Waals surface area contributed by atoms with Gasteiger partial charge in [-0.3, -0.25) is 9.59 Å². The number of nitrogens with one attached hydrogen (secondary N) is 1. The van der Waals surface area contributed by atoms with Gasteiger partial charge in [-0.1, -0.05) is 62.4 Å². The summed E-state index contributed by atoms with van der Waals surface area (Å²) in [6.07, 6.45) is -1.11. The van der Waals surface area contributed by atoms with Gasteiger partial charge in [-0.25, -0.2) is 4.79 Å². The van der Waals surface area contributed by atoms with Crippen molar-refractivity contribution in [2.45, 2.75) is 38.3 Å². The van der Waals surface area contributed by atoms with E-state index in [0.29, 0.717) is 19.6 Å². The van der Waals surface area contributed by atoms with Gasteiger partial charge in [0.2, 0.25) is 0 Å². The zero-order valence-corrected chi connectivity index (χ0v) is 19.4. The number of rotatable bonds is 8. The molecule has 0 bridgehead atoms. The maximum Gasteiger partial charge on any atom is 0.407 e. The number of nitrogens with zero attached hydrogens (tertiary/aromatic N) is 1. The van der Waals surface area contributed by atoms with E-state index < -0.39 is 36.7 Å². The van der Waals surface area contributed by atoms with Crippen LogP contribution in [-0.4, -0.2) is 66.4 Å². The molecule has 180 valence electrons. The van der Waals surface area contributed by atoms with E-state index >= 15 is 0 Å². The number of alkyl carbamates (subject to hydrolysis) is 1. The highest BCUT2D eigenvalue weighted by Gasteiger charge is 2.39. The van der Waals surface area contributed by atoms with Crippen LogP contribution in [0.5, 0.6) is 0 Å². The topological polar surface area (TPSA) is 105 Å². The molecule has 2 aliphatic rings. The molecule has 34 heavy (non-hydrogen) atoms. The highest BCUT2D eigenvalue weighted by molar-refractivity contribution is 5.86. The number of fused-ring (bicyclic) bond motifs is 3. The minimum absolute atomic E-state index is 0.0625. The van der Waals surface area contributed by atoms with E-state index in [1.807, 2.05) is 50.2 Å². The summed E-state index contributed by atoms with van der Waals surface area (Å²) >= 11 is 0. The van der Waals surface area contributed by atoms with Gasteiger partial charge in [0.15, 0.2) is 6.10 Å². The second-order valence-corrected chi connectivity index (χ2v) is 9.16. The van der Waals surface area contributed by atoms with Crippen molar-refractivity contribution < 1.29 is 29.0 Å². The van der Waals surface area contributed by atoms with Crippen LogP contribution < -0.4 is 5.32 Å². The Labute approximate surface area is 198 Å². The summed E-state index contributed by atoms with van der Waals surface area (Å²) in [4.78, 5) is 38.2. The second-order valence-electron chi connectivity index (χ2n) is 9.16. The molecule has 0 spiro atoms. The summed E-state index contributed by atoms with van der Waals surface area (Å²) in [6.45, 7) is 4.17. The van der Waals surface area contributed by atoms with Crippen LogP contribution in [0.25, 0.3) is 11.1 Å². The molecule has 4 rings (SSSR count). The molecule has 2 atom stereocenters. The van der Waals surface area contributed by atoms with Gasteiger partial charge < -0.3 is 24.8 Å². The van der Waals surface area contributed by atoms with E-state index in [-0.39, 0.29) is 18.4 Å². The van der Waals surface area contributed by atoms with Gasteiger partial charge in [-0.05, 0) is 34.6 Å². The Balaban J connectivity index is 1.39. The minimum atomic E-state index is -1.09. The zero-order valence-electron chi connectivity index (χ0n) is 19.4. The van der Waals surface area contributed by atoms with Gasteiger partial charge >= 0.3 is 12.1 Å². The largest absolute Gasteiger partial charge is 0.480 e. The quantitative estimate of drug-likeness (QED) is 0.619. The number of carboxylic acids is 1. The van der Waals surface area contributed by atoms with Crippen molar-refractivity contribution in [3.63, 3.8) is 0 Å². The number of ether oxygens (including phenoxy) is 2. The fourth-order valence-electron chi connectivity index (χ4n) is 4.79. The zero-order chi connectivity index (χ0) is 24.2. The Bertz CT molecular complexity index is 1020. The molecular weight excluding hydrogens is 436 g/mol. The number of hydrogen-bond acceptors (Lipinski definition) is 5. The third-order valence-corrected chi connectivity index (χ3v) is 6.21. The fraction of sp³-hybridized carbons (Fsp3) is 0.423. The number of aliphatic carboxylic acids is 1. The first-order valence-corrected chi connectivity index (χ1v) is 11.6. The van der Waals surface area contributed by atoms with Crippen LogP contribution in [0.2, 0.25) is 0 Å². The van der Waals surface area contributed by atoms with Gasteiger partial charge in [0, 0.05) is 19.1 Å². The lowest BCUT2D eigenvalue weighted by Crippen LogP contribution is -2.51. The molecule has 8 nitrogen and oxygen atoms in total. The van der Waals surface area contributed by atoms with Crippen molar-refractivity contribution in [1.29, 1.82) is 0 Å². The smallest absolute Gasteiger partial charge is 0.407 e. The van der Waals surface area contributed by atoms with Gasteiger partial charge in [-0.15, -0.1) is 0 Å². The van der Waals surface area contributed by atoms with Gasteiger partial charge in [0.25, 0.3) is 5.91 Å². The molecule has 1 aliphatic heterocycles. The highest BCUT2D eigenvalue weighted by atomic mass is 16.6. The van der Waals surface area contributed by atoms with Crippen molar-refractivity contribution in [2.75, 3.05) is 26.3 Å². The fourth-order valence-corrected chi connectivity index (χ4v) is 4.79.